The number of anilines is 1. The molecule has 0 bridgehead atoms. The molecule has 3 N–H and O–H groups in total. The molecule has 0 spiro atoms. The third kappa shape index (κ3) is 5.55. The number of rotatable bonds is 8. The summed E-state index contributed by atoms with van der Waals surface area (Å²) in [5, 5.41) is 0. The van der Waals surface area contributed by atoms with Gasteiger partial charge in [0.15, 0.2) is 0 Å². The molecule has 1 rings (SSSR count). The van der Waals surface area contributed by atoms with Crippen molar-refractivity contribution >= 4 is 15.7 Å². The predicted octanol–water partition coefficient (Wildman–Crippen LogP) is 2.77. The van der Waals surface area contributed by atoms with Crippen molar-refractivity contribution < 1.29 is 13.2 Å². The number of methoxy groups -OCH3 is 1. The van der Waals surface area contributed by atoms with Crippen LogP contribution in [-0.4, -0.2) is 21.6 Å². The molecule has 0 aromatic heterocycles. The molecule has 0 saturated heterocycles. The highest BCUT2D eigenvalue weighted by molar-refractivity contribution is 7.89. The van der Waals surface area contributed by atoms with Gasteiger partial charge in [-0.05, 0) is 37.5 Å². The zero-order valence-corrected chi connectivity index (χ0v) is 14.0. The fourth-order valence-electron chi connectivity index (χ4n) is 2.12. The van der Waals surface area contributed by atoms with Crippen LogP contribution >= 0.6 is 0 Å². The summed E-state index contributed by atoms with van der Waals surface area (Å²) in [4.78, 5) is 0.0840. The van der Waals surface area contributed by atoms with Crippen LogP contribution in [0.1, 0.15) is 40.0 Å². The van der Waals surface area contributed by atoms with E-state index >= 15 is 0 Å². The van der Waals surface area contributed by atoms with Gasteiger partial charge in [0.25, 0.3) is 0 Å². The van der Waals surface area contributed by atoms with Gasteiger partial charge in [-0.2, -0.15) is 0 Å². The normalized spacial score (nSPS) is 13.4. The van der Waals surface area contributed by atoms with Gasteiger partial charge >= 0.3 is 0 Å². The molecule has 1 unspecified atom stereocenters. The molecule has 0 heterocycles. The van der Waals surface area contributed by atoms with Gasteiger partial charge in [0.1, 0.15) is 10.6 Å². The van der Waals surface area contributed by atoms with Crippen LogP contribution in [-0.2, 0) is 10.0 Å². The second-order valence-electron chi connectivity index (χ2n) is 5.76. The molecule has 5 nitrogen and oxygen atoms in total. The first-order valence-electron chi connectivity index (χ1n) is 7.22. The average Bonchev–Trinajstić information content (AvgIpc) is 2.37. The van der Waals surface area contributed by atoms with E-state index in [2.05, 4.69) is 18.6 Å². The van der Waals surface area contributed by atoms with Gasteiger partial charge in [-0.1, -0.05) is 26.7 Å². The van der Waals surface area contributed by atoms with Crippen LogP contribution in [0.2, 0.25) is 0 Å². The highest BCUT2D eigenvalue weighted by Gasteiger charge is 2.21. The van der Waals surface area contributed by atoms with Gasteiger partial charge in [0.2, 0.25) is 10.0 Å². The Bertz CT molecular complexity index is 556. The molecule has 0 fully saturated rings. The molecule has 0 aliphatic heterocycles. The minimum absolute atomic E-state index is 0.0840. The highest BCUT2D eigenvalue weighted by Crippen LogP contribution is 2.26. The van der Waals surface area contributed by atoms with E-state index in [1.54, 1.807) is 12.1 Å². The zero-order valence-electron chi connectivity index (χ0n) is 13.2. The summed E-state index contributed by atoms with van der Waals surface area (Å²) in [6.07, 6.45) is 2.89. The van der Waals surface area contributed by atoms with E-state index in [4.69, 9.17) is 10.5 Å². The summed E-state index contributed by atoms with van der Waals surface area (Å²) in [5.74, 6) is 0.925. The van der Waals surface area contributed by atoms with Gasteiger partial charge in [-0.3, -0.25) is 0 Å². The van der Waals surface area contributed by atoms with Crippen LogP contribution in [0.3, 0.4) is 0 Å². The van der Waals surface area contributed by atoms with Gasteiger partial charge in [-0.15, -0.1) is 0 Å². The summed E-state index contributed by atoms with van der Waals surface area (Å²) < 4.78 is 32.6. The maximum Gasteiger partial charge on any atom is 0.244 e. The molecule has 6 heteroatoms. The zero-order chi connectivity index (χ0) is 16.0. The summed E-state index contributed by atoms with van der Waals surface area (Å²) in [6, 6.07) is 4.47. The lowest BCUT2D eigenvalue weighted by Crippen LogP contribution is -2.32. The first kappa shape index (κ1) is 17.8. The Morgan fingerprint density at radius 2 is 1.90 bits per heavy atom. The predicted molar refractivity (Wildman–Crippen MR) is 85.9 cm³/mol. The highest BCUT2D eigenvalue weighted by atomic mass is 32.2. The Labute approximate surface area is 127 Å². The number of benzene rings is 1. The topological polar surface area (TPSA) is 81.4 Å². The molecule has 1 atom stereocenters. The van der Waals surface area contributed by atoms with Crippen molar-refractivity contribution in [2.75, 3.05) is 12.8 Å². The summed E-state index contributed by atoms with van der Waals surface area (Å²) in [6.45, 7) is 6.19. The number of nitrogens with one attached hydrogen (secondary N) is 1. The Kier molecular flexibility index (Phi) is 6.48. The lowest BCUT2D eigenvalue weighted by molar-refractivity contribution is 0.402. The third-order valence-corrected chi connectivity index (χ3v) is 4.86. The van der Waals surface area contributed by atoms with E-state index in [-0.39, 0.29) is 10.9 Å². The quantitative estimate of drug-likeness (QED) is 0.723. The number of ether oxygens (including phenoxy) is 1. The van der Waals surface area contributed by atoms with Crippen molar-refractivity contribution in [3.05, 3.63) is 18.2 Å². The lowest BCUT2D eigenvalue weighted by atomic mass is 10.0. The summed E-state index contributed by atoms with van der Waals surface area (Å²) in [7, 11) is -2.19. The molecule has 0 radical (unpaired) electrons. The smallest absolute Gasteiger partial charge is 0.244 e. The van der Waals surface area contributed by atoms with Crippen LogP contribution in [0.5, 0.6) is 5.75 Å². The Balaban J connectivity index is 2.79. The lowest BCUT2D eigenvalue weighted by Gasteiger charge is -2.16. The fourth-order valence-corrected chi connectivity index (χ4v) is 3.60. The Morgan fingerprint density at radius 3 is 2.48 bits per heavy atom. The van der Waals surface area contributed by atoms with Crippen molar-refractivity contribution in [1.29, 1.82) is 0 Å². The molecular weight excluding hydrogens is 288 g/mol. The molecular formula is C15H26N2O3S. The maximum absolute atomic E-state index is 12.4. The SMILES string of the molecule is COc1ccc(N)cc1S(=O)(=O)NC(C)CCCC(C)C. The summed E-state index contributed by atoms with van der Waals surface area (Å²) >= 11 is 0. The number of hydrogen-bond donors (Lipinski definition) is 2. The summed E-state index contributed by atoms with van der Waals surface area (Å²) in [5.41, 5.74) is 6.07. The standard InChI is InChI=1S/C15H26N2O3S/c1-11(2)6-5-7-12(3)17-21(18,19)15-10-13(16)8-9-14(15)20-4/h8-12,17H,5-7,16H2,1-4H3. The van der Waals surface area contributed by atoms with E-state index < -0.39 is 10.0 Å². The first-order valence-corrected chi connectivity index (χ1v) is 8.70. The molecule has 120 valence electrons. The van der Waals surface area contributed by atoms with E-state index in [9.17, 15) is 8.42 Å². The van der Waals surface area contributed by atoms with Gasteiger partial charge in [0.05, 0.1) is 7.11 Å². The molecule has 0 aliphatic rings. The molecule has 1 aromatic rings. The van der Waals surface area contributed by atoms with Gasteiger partial charge in [0, 0.05) is 11.7 Å². The van der Waals surface area contributed by atoms with Crippen LogP contribution in [0, 0.1) is 5.92 Å². The number of hydrogen-bond acceptors (Lipinski definition) is 4. The van der Waals surface area contributed by atoms with Crippen LogP contribution < -0.4 is 15.2 Å². The second-order valence-corrected chi connectivity index (χ2v) is 7.44. The Morgan fingerprint density at radius 1 is 1.24 bits per heavy atom. The average molecular weight is 314 g/mol. The molecule has 1 aromatic carbocycles. The van der Waals surface area contributed by atoms with Crippen molar-refractivity contribution in [2.45, 2.75) is 51.0 Å². The van der Waals surface area contributed by atoms with Crippen LogP contribution in [0.25, 0.3) is 0 Å². The van der Waals surface area contributed by atoms with Crippen molar-refractivity contribution in [3.8, 4) is 5.75 Å². The number of nitrogen functional groups attached to an aromatic ring is 1. The molecule has 21 heavy (non-hydrogen) atoms. The second kappa shape index (κ2) is 7.66. The van der Waals surface area contributed by atoms with E-state index in [0.29, 0.717) is 17.4 Å². The van der Waals surface area contributed by atoms with E-state index in [1.165, 1.54) is 13.2 Å². The molecule has 0 saturated carbocycles. The van der Waals surface area contributed by atoms with Gasteiger partial charge in [-0.25, -0.2) is 13.1 Å². The molecule has 0 aliphatic carbocycles. The number of sulfonamides is 1. The largest absolute Gasteiger partial charge is 0.495 e. The molecule has 0 amide bonds. The minimum atomic E-state index is -3.63. The minimum Gasteiger partial charge on any atom is -0.495 e. The van der Waals surface area contributed by atoms with Crippen molar-refractivity contribution in [1.82, 2.24) is 4.72 Å². The van der Waals surface area contributed by atoms with E-state index in [1.807, 2.05) is 6.92 Å². The van der Waals surface area contributed by atoms with E-state index in [0.717, 1.165) is 19.3 Å². The first-order chi connectivity index (χ1) is 9.76. The Hall–Kier alpha value is -1.27. The van der Waals surface area contributed by atoms with Gasteiger partial charge < -0.3 is 10.5 Å². The maximum atomic E-state index is 12.4. The fraction of sp³-hybridized carbons (Fsp3) is 0.600. The van der Waals surface area contributed by atoms with Crippen LogP contribution in [0.4, 0.5) is 5.69 Å². The van der Waals surface area contributed by atoms with Crippen LogP contribution in [0.15, 0.2) is 23.1 Å². The van der Waals surface area contributed by atoms with Crippen molar-refractivity contribution in [2.24, 2.45) is 5.92 Å². The van der Waals surface area contributed by atoms with Crippen molar-refractivity contribution in [3.63, 3.8) is 0 Å². The third-order valence-electron chi connectivity index (χ3n) is 3.25. The monoisotopic (exact) mass is 314 g/mol. The number of nitrogens with two attached hydrogens (primary N) is 1.